The molecule has 2 aliphatic carbocycles. The van der Waals surface area contributed by atoms with Crippen molar-refractivity contribution >= 4 is 17.1 Å². The number of nitrogens with zero attached hydrogens (tertiary/aromatic N) is 6. The third-order valence-electron chi connectivity index (χ3n) is 11.1. The number of fused-ring (bicyclic) bond motifs is 2. The van der Waals surface area contributed by atoms with Gasteiger partial charge in [-0.3, -0.25) is 14.3 Å². The normalized spacial score (nSPS) is 20.8. The Labute approximate surface area is 298 Å². The van der Waals surface area contributed by atoms with Gasteiger partial charge in [-0.1, -0.05) is 18.2 Å². The van der Waals surface area contributed by atoms with E-state index in [1.54, 1.807) is 24.3 Å². The van der Waals surface area contributed by atoms with E-state index in [-0.39, 0.29) is 41.5 Å². The average molecular weight is 710 g/mol. The van der Waals surface area contributed by atoms with Crippen LogP contribution in [-0.4, -0.2) is 70.2 Å². The van der Waals surface area contributed by atoms with E-state index in [0.29, 0.717) is 44.5 Å². The van der Waals surface area contributed by atoms with Crippen LogP contribution >= 0.6 is 0 Å². The Kier molecular flexibility index (Phi) is 8.88. The van der Waals surface area contributed by atoms with Crippen LogP contribution in [0.2, 0.25) is 0 Å². The van der Waals surface area contributed by atoms with Crippen LogP contribution in [0.4, 0.5) is 8.78 Å². The maximum Gasteiger partial charge on any atom is 0.337 e. The summed E-state index contributed by atoms with van der Waals surface area (Å²) in [6.07, 6.45) is 9.40. The molecule has 5 aromatic rings. The minimum atomic E-state index is -1.02. The number of hydrogen-bond donors (Lipinski definition) is 3. The van der Waals surface area contributed by atoms with Gasteiger partial charge in [0, 0.05) is 36.9 Å². The van der Waals surface area contributed by atoms with E-state index in [4.69, 9.17) is 0 Å². The quantitative estimate of drug-likeness (QED) is 0.188. The van der Waals surface area contributed by atoms with Crippen molar-refractivity contribution in [3.8, 4) is 22.6 Å². The Morgan fingerprint density at radius 1 is 1.08 bits per heavy atom. The molecule has 4 heterocycles. The van der Waals surface area contributed by atoms with Crippen molar-refractivity contribution in [1.29, 1.82) is 0 Å². The Bertz CT molecular complexity index is 2300. The number of benzene rings is 2. The van der Waals surface area contributed by atoms with Crippen molar-refractivity contribution in [3.05, 3.63) is 111 Å². The van der Waals surface area contributed by atoms with Crippen LogP contribution in [0.3, 0.4) is 0 Å². The first kappa shape index (κ1) is 34.1. The van der Waals surface area contributed by atoms with Gasteiger partial charge in [-0.05, 0) is 105 Å². The highest BCUT2D eigenvalue weighted by Gasteiger charge is 2.45. The topological polar surface area (TPSA) is 130 Å². The lowest BCUT2D eigenvalue weighted by atomic mass is 9.91. The van der Waals surface area contributed by atoms with Gasteiger partial charge >= 0.3 is 5.69 Å². The number of rotatable bonds is 10. The molecule has 0 amide bonds. The minimum Gasteiger partial charge on any atom is -0.508 e. The fourth-order valence-corrected chi connectivity index (χ4v) is 7.85. The SMILES string of the molecule is CN(Cc1cc(O)ccc1-c1cccc(-n2c(=O)n(C3CCC(NCc4cn5c(n4)C=CC(F)C5)CC3)c(=O)c3cc(F)cnc32)c1)C1(CO)CC1. The Morgan fingerprint density at radius 2 is 1.88 bits per heavy atom. The number of imidazole rings is 1. The molecule has 8 rings (SSSR count). The molecular weight excluding hydrogens is 668 g/mol. The molecule has 0 bridgehead atoms. The van der Waals surface area contributed by atoms with Crippen molar-refractivity contribution in [3.63, 3.8) is 0 Å². The van der Waals surface area contributed by atoms with Crippen molar-refractivity contribution in [2.75, 3.05) is 13.7 Å². The van der Waals surface area contributed by atoms with Gasteiger partial charge in [0.15, 0.2) is 5.65 Å². The van der Waals surface area contributed by atoms with E-state index in [0.717, 1.165) is 53.3 Å². The zero-order valence-electron chi connectivity index (χ0n) is 28.9. The first-order valence-corrected chi connectivity index (χ1v) is 17.8. The average Bonchev–Trinajstić information content (AvgIpc) is 3.85. The van der Waals surface area contributed by atoms with E-state index in [2.05, 4.69) is 20.2 Å². The molecular formula is C39H41F2N7O4. The minimum absolute atomic E-state index is 0.0178. The van der Waals surface area contributed by atoms with Gasteiger partial charge in [0.25, 0.3) is 5.56 Å². The number of likely N-dealkylation sites (N-methyl/N-ethyl adjacent to an activating group) is 1. The van der Waals surface area contributed by atoms with E-state index < -0.39 is 29.3 Å². The molecule has 1 unspecified atom stereocenters. The Balaban J connectivity index is 1.09. The molecule has 1 atom stereocenters. The summed E-state index contributed by atoms with van der Waals surface area (Å²) >= 11 is 0. The fraction of sp³-hybridized carbons (Fsp3) is 0.385. The molecule has 2 saturated carbocycles. The van der Waals surface area contributed by atoms with Gasteiger partial charge in [-0.15, -0.1) is 0 Å². The number of phenols is 1. The predicted octanol–water partition coefficient (Wildman–Crippen LogP) is 4.85. The number of nitrogens with one attached hydrogen (secondary N) is 1. The third kappa shape index (κ3) is 6.37. The molecule has 3 aliphatic rings. The van der Waals surface area contributed by atoms with Crippen LogP contribution in [0.25, 0.3) is 33.9 Å². The first-order valence-electron chi connectivity index (χ1n) is 17.8. The number of aliphatic hydroxyl groups excluding tert-OH is 1. The summed E-state index contributed by atoms with van der Waals surface area (Å²) in [6.45, 7) is 1.32. The standard InChI is InChI=1S/C39H41F2N7O4/c1-45(39(23-49)13-14-39)20-25-16-32(50)10-11-33(25)24-3-2-4-31(15-24)47-36-34(17-27(41)18-43-36)37(51)48(38(47)52)30-8-6-28(7-9-30)42-19-29-22-46-21-26(40)5-12-35(46)44-29/h2-5,10-12,15-18,22,26,28,30,42,49-50H,6-9,13-14,19-21,23H2,1H3. The molecule has 13 heteroatoms. The van der Waals surface area contributed by atoms with Crippen LogP contribution in [-0.2, 0) is 19.6 Å². The number of allylic oxidation sites excluding steroid dienone is 1. The van der Waals surface area contributed by atoms with Gasteiger partial charge < -0.3 is 20.1 Å². The largest absolute Gasteiger partial charge is 0.508 e. The lowest BCUT2D eigenvalue weighted by Crippen LogP contribution is -2.44. The van der Waals surface area contributed by atoms with E-state index >= 15 is 0 Å². The molecule has 2 fully saturated rings. The molecule has 3 N–H and O–H groups in total. The third-order valence-corrected chi connectivity index (χ3v) is 11.1. The molecule has 3 aromatic heterocycles. The zero-order valence-corrected chi connectivity index (χ0v) is 28.9. The van der Waals surface area contributed by atoms with E-state index in [9.17, 15) is 28.6 Å². The van der Waals surface area contributed by atoms with Crippen molar-refractivity contribution in [2.24, 2.45) is 0 Å². The fourth-order valence-electron chi connectivity index (χ4n) is 7.85. The molecule has 11 nitrogen and oxygen atoms in total. The van der Waals surface area contributed by atoms with Crippen LogP contribution in [0.1, 0.15) is 61.6 Å². The smallest absolute Gasteiger partial charge is 0.337 e. The zero-order chi connectivity index (χ0) is 36.1. The molecule has 2 aromatic carbocycles. The Hall–Kier alpha value is -4.98. The number of aromatic hydroxyl groups is 1. The van der Waals surface area contributed by atoms with Crippen LogP contribution in [0, 0.1) is 5.82 Å². The number of hydrogen-bond acceptors (Lipinski definition) is 8. The number of aliphatic hydroxyl groups is 1. The molecule has 0 radical (unpaired) electrons. The number of phenolic OH excluding ortho intramolecular Hbond substituents is 1. The van der Waals surface area contributed by atoms with Crippen LogP contribution < -0.4 is 16.6 Å². The van der Waals surface area contributed by atoms with Crippen molar-refractivity contribution in [1.82, 2.24) is 33.9 Å². The number of pyridine rings is 1. The van der Waals surface area contributed by atoms with E-state index in [1.165, 1.54) is 15.2 Å². The lowest BCUT2D eigenvalue weighted by Gasteiger charge is -2.30. The predicted molar refractivity (Wildman–Crippen MR) is 193 cm³/mol. The summed E-state index contributed by atoms with van der Waals surface area (Å²) < 4.78 is 32.8. The lowest BCUT2D eigenvalue weighted by molar-refractivity contribution is 0.123. The van der Waals surface area contributed by atoms with Crippen molar-refractivity contribution < 1.29 is 19.0 Å². The number of aromatic nitrogens is 5. The van der Waals surface area contributed by atoms with Crippen LogP contribution in [0.5, 0.6) is 5.75 Å². The maximum absolute atomic E-state index is 14.6. The summed E-state index contributed by atoms with van der Waals surface area (Å²) in [5.74, 6) is 0.186. The molecule has 1 aliphatic heterocycles. The molecule has 270 valence electrons. The Morgan fingerprint density at radius 3 is 2.65 bits per heavy atom. The highest BCUT2D eigenvalue weighted by molar-refractivity contribution is 5.77. The molecule has 52 heavy (non-hydrogen) atoms. The molecule has 0 spiro atoms. The highest BCUT2D eigenvalue weighted by atomic mass is 19.1. The summed E-state index contributed by atoms with van der Waals surface area (Å²) in [5, 5.41) is 23.9. The van der Waals surface area contributed by atoms with Crippen LogP contribution in [0.15, 0.2) is 76.6 Å². The summed E-state index contributed by atoms with van der Waals surface area (Å²) in [7, 11) is 1.96. The summed E-state index contributed by atoms with van der Waals surface area (Å²) in [4.78, 5) is 39.3. The highest BCUT2D eigenvalue weighted by Crippen LogP contribution is 2.42. The first-order chi connectivity index (χ1) is 25.1. The summed E-state index contributed by atoms with van der Waals surface area (Å²) in [5.41, 5.74) is 2.45. The number of alkyl halides is 1. The van der Waals surface area contributed by atoms with Gasteiger partial charge in [0.05, 0.1) is 36.1 Å². The van der Waals surface area contributed by atoms with Crippen molar-refractivity contribution in [2.45, 2.75) is 82.0 Å². The second-order valence-electron chi connectivity index (χ2n) is 14.5. The summed E-state index contributed by atoms with van der Waals surface area (Å²) in [6, 6.07) is 13.4. The number of halogens is 2. The van der Waals surface area contributed by atoms with Gasteiger partial charge in [0.1, 0.15) is 23.6 Å². The van der Waals surface area contributed by atoms with E-state index in [1.807, 2.05) is 42.1 Å². The monoisotopic (exact) mass is 709 g/mol. The molecule has 0 saturated heterocycles. The van der Waals surface area contributed by atoms with Gasteiger partial charge in [-0.2, -0.15) is 0 Å². The van der Waals surface area contributed by atoms with Gasteiger partial charge in [-0.25, -0.2) is 28.1 Å². The van der Waals surface area contributed by atoms with Gasteiger partial charge in [0.2, 0.25) is 0 Å². The maximum atomic E-state index is 14.6. The second kappa shape index (κ2) is 13.5. The second-order valence-corrected chi connectivity index (χ2v) is 14.5.